The van der Waals surface area contributed by atoms with Crippen molar-refractivity contribution in [3.05, 3.63) is 78.8 Å². The van der Waals surface area contributed by atoms with Crippen LogP contribution in [0.5, 0.6) is 0 Å². The Hall–Kier alpha value is -3.72. The van der Waals surface area contributed by atoms with Crippen molar-refractivity contribution < 1.29 is 8.42 Å². The van der Waals surface area contributed by atoms with Crippen LogP contribution in [0.4, 0.5) is 23.1 Å². The predicted molar refractivity (Wildman–Crippen MR) is 135 cm³/mol. The van der Waals surface area contributed by atoms with Crippen molar-refractivity contribution in [1.82, 2.24) is 19.7 Å². The number of nitrogens with zero attached hydrogens (tertiary/aromatic N) is 4. The molecule has 2 aromatic heterocycles. The number of hydrogen-bond acceptors (Lipinski definition) is 7. The van der Waals surface area contributed by atoms with Crippen LogP contribution in [-0.4, -0.2) is 33.9 Å². The number of hydrogen-bond donors (Lipinski definition) is 2. The lowest BCUT2D eigenvalue weighted by atomic mass is 10.0. The van der Waals surface area contributed by atoms with E-state index in [2.05, 4.69) is 25.7 Å². The lowest BCUT2D eigenvalue weighted by molar-refractivity contribution is 0.462. The van der Waals surface area contributed by atoms with Crippen LogP contribution >= 0.6 is 0 Å². The van der Waals surface area contributed by atoms with Crippen LogP contribution < -0.4 is 10.6 Å². The van der Waals surface area contributed by atoms with E-state index >= 15 is 0 Å². The first-order chi connectivity index (χ1) is 16.1. The number of anilines is 4. The highest BCUT2D eigenvalue weighted by atomic mass is 32.2. The normalized spacial score (nSPS) is 11.9. The van der Waals surface area contributed by atoms with Gasteiger partial charge in [0.05, 0.1) is 16.3 Å². The summed E-state index contributed by atoms with van der Waals surface area (Å²) in [5.74, 6) is 1.09. The fourth-order valence-corrected chi connectivity index (χ4v) is 5.33. The van der Waals surface area contributed by atoms with Gasteiger partial charge in [-0.25, -0.2) is 18.1 Å². The molecule has 2 N–H and O–H groups in total. The van der Waals surface area contributed by atoms with E-state index in [0.717, 1.165) is 16.9 Å². The molecule has 0 aliphatic heterocycles. The average Bonchev–Trinajstić information content (AvgIpc) is 3.30. The van der Waals surface area contributed by atoms with Crippen molar-refractivity contribution in [1.29, 1.82) is 0 Å². The summed E-state index contributed by atoms with van der Waals surface area (Å²) in [5, 5.41) is 10.7. The molecule has 0 aliphatic carbocycles. The largest absolute Gasteiger partial charge is 0.340 e. The number of nitrogens with one attached hydrogen (secondary N) is 2. The zero-order chi connectivity index (χ0) is 24.3. The Morgan fingerprint density at radius 1 is 0.971 bits per heavy atom. The van der Waals surface area contributed by atoms with Crippen LogP contribution in [-0.2, 0) is 9.84 Å². The molecule has 176 valence electrons. The van der Waals surface area contributed by atoms with Gasteiger partial charge < -0.3 is 10.6 Å². The molecular weight excluding hydrogens is 448 g/mol. The lowest BCUT2D eigenvalue weighted by Crippen LogP contribution is -2.20. The van der Waals surface area contributed by atoms with Crippen molar-refractivity contribution in [3.8, 4) is 5.69 Å². The van der Waals surface area contributed by atoms with Gasteiger partial charge in [0, 0.05) is 35.5 Å². The predicted octanol–water partition coefficient (Wildman–Crippen LogP) is 5.28. The molecule has 0 aliphatic rings. The van der Waals surface area contributed by atoms with Crippen molar-refractivity contribution in [3.63, 3.8) is 0 Å². The van der Waals surface area contributed by atoms with E-state index in [1.165, 1.54) is 0 Å². The van der Waals surface area contributed by atoms with Gasteiger partial charge in [-0.05, 0) is 60.9 Å². The van der Waals surface area contributed by atoms with E-state index in [9.17, 15) is 8.42 Å². The van der Waals surface area contributed by atoms with Crippen LogP contribution in [0.3, 0.4) is 0 Å². The van der Waals surface area contributed by atoms with Gasteiger partial charge in [0.25, 0.3) is 0 Å². The Morgan fingerprint density at radius 3 is 2.41 bits per heavy atom. The minimum absolute atomic E-state index is 0.0727. The maximum Gasteiger partial charge on any atom is 0.229 e. The zero-order valence-corrected chi connectivity index (χ0v) is 20.5. The average molecular weight is 477 g/mol. The number of aryl methyl sites for hydroxylation is 1. The maximum absolute atomic E-state index is 12.8. The third-order valence-corrected chi connectivity index (χ3v) is 7.16. The van der Waals surface area contributed by atoms with Gasteiger partial charge in [-0.15, -0.1) is 0 Å². The molecule has 4 rings (SSSR count). The maximum atomic E-state index is 12.8. The number of aromatic nitrogens is 4. The molecule has 2 aromatic carbocycles. The number of sulfone groups is 1. The van der Waals surface area contributed by atoms with Crippen LogP contribution in [0.1, 0.15) is 26.3 Å². The van der Waals surface area contributed by atoms with Crippen LogP contribution in [0.25, 0.3) is 5.69 Å². The summed E-state index contributed by atoms with van der Waals surface area (Å²) in [6.07, 6.45) is 5.33. The molecule has 0 bridgehead atoms. The van der Waals surface area contributed by atoms with Crippen molar-refractivity contribution >= 4 is 33.0 Å². The van der Waals surface area contributed by atoms with Crippen LogP contribution in [0, 0.1) is 12.3 Å². The van der Waals surface area contributed by atoms with Gasteiger partial charge in [-0.2, -0.15) is 10.1 Å². The van der Waals surface area contributed by atoms with E-state index in [4.69, 9.17) is 0 Å². The Labute approximate surface area is 200 Å². The molecule has 0 atom stereocenters. The van der Waals surface area contributed by atoms with Crippen molar-refractivity contribution in [2.24, 2.45) is 5.41 Å². The van der Waals surface area contributed by atoms with E-state index in [0.29, 0.717) is 17.5 Å². The van der Waals surface area contributed by atoms with Gasteiger partial charge in [-0.1, -0.05) is 26.8 Å². The quantitative estimate of drug-likeness (QED) is 0.374. The van der Waals surface area contributed by atoms with E-state index in [1.807, 2.05) is 70.3 Å². The van der Waals surface area contributed by atoms with Gasteiger partial charge in [-0.3, -0.25) is 0 Å². The molecule has 34 heavy (non-hydrogen) atoms. The highest BCUT2D eigenvalue weighted by Crippen LogP contribution is 2.26. The Bertz CT molecular complexity index is 1380. The fraction of sp³-hybridized carbons (Fsp3) is 0.240. The second-order valence-corrected chi connectivity index (χ2v) is 11.3. The van der Waals surface area contributed by atoms with Gasteiger partial charge in [0.2, 0.25) is 5.95 Å². The van der Waals surface area contributed by atoms with Crippen molar-refractivity contribution in [2.45, 2.75) is 32.6 Å². The lowest BCUT2D eigenvalue weighted by Gasteiger charge is -2.18. The van der Waals surface area contributed by atoms with Crippen molar-refractivity contribution in [2.75, 3.05) is 16.4 Å². The monoisotopic (exact) mass is 476 g/mol. The Kier molecular flexibility index (Phi) is 6.39. The topological polar surface area (TPSA) is 102 Å². The van der Waals surface area contributed by atoms with Crippen LogP contribution in [0.15, 0.2) is 78.1 Å². The molecule has 0 amide bonds. The minimum atomic E-state index is -3.40. The molecule has 0 fully saturated rings. The number of rotatable bonds is 7. The molecule has 0 spiro atoms. The standard InChI is InChI=1S/C25H28N6O2S/c1-18-16-26-24(29-19-9-11-21(12-10-19)31-14-6-13-27-31)30-23(18)28-20-7-5-8-22(15-20)34(32,33)17-25(2,3)4/h5-16H,17H2,1-4H3,(H2,26,28,29,30). The molecular formula is C25H28N6O2S. The van der Waals surface area contributed by atoms with E-state index < -0.39 is 9.84 Å². The smallest absolute Gasteiger partial charge is 0.229 e. The highest BCUT2D eigenvalue weighted by molar-refractivity contribution is 7.91. The highest BCUT2D eigenvalue weighted by Gasteiger charge is 2.23. The first-order valence-corrected chi connectivity index (χ1v) is 12.5. The first-order valence-electron chi connectivity index (χ1n) is 10.9. The summed E-state index contributed by atoms with van der Waals surface area (Å²) < 4.78 is 27.4. The number of benzene rings is 2. The summed E-state index contributed by atoms with van der Waals surface area (Å²) in [4.78, 5) is 9.24. The molecule has 0 radical (unpaired) electrons. The summed E-state index contributed by atoms with van der Waals surface area (Å²) in [6.45, 7) is 7.63. The molecule has 2 heterocycles. The molecule has 4 aromatic rings. The van der Waals surface area contributed by atoms with Crippen LogP contribution in [0.2, 0.25) is 0 Å². The Morgan fingerprint density at radius 2 is 1.74 bits per heavy atom. The zero-order valence-electron chi connectivity index (χ0n) is 19.6. The van der Waals surface area contributed by atoms with E-state index in [-0.39, 0.29) is 16.1 Å². The summed E-state index contributed by atoms with van der Waals surface area (Å²) in [5.41, 5.74) is 2.93. The van der Waals surface area contributed by atoms with Gasteiger partial charge in [0.15, 0.2) is 9.84 Å². The summed E-state index contributed by atoms with van der Waals surface area (Å²) >= 11 is 0. The summed E-state index contributed by atoms with van der Waals surface area (Å²) in [6, 6.07) is 16.4. The molecule has 0 unspecified atom stereocenters. The van der Waals surface area contributed by atoms with Gasteiger partial charge >= 0.3 is 0 Å². The Balaban J connectivity index is 1.52. The third kappa shape index (κ3) is 5.79. The summed E-state index contributed by atoms with van der Waals surface area (Å²) in [7, 11) is -3.40. The molecule has 0 saturated carbocycles. The molecule has 8 nitrogen and oxygen atoms in total. The van der Waals surface area contributed by atoms with E-state index in [1.54, 1.807) is 35.3 Å². The van der Waals surface area contributed by atoms with Gasteiger partial charge in [0.1, 0.15) is 5.82 Å². The molecule has 0 saturated heterocycles. The first kappa shape index (κ1) is 23.4. The molecule has 9 heteroatoms. The SMILES string of the molecule is Cc1cnc(Nc2ccc(-n3cccn3)cc2)nc1Nc1cccc(S(=O)(=O)CC(C)(C)C)c1. The third-order valence-electron chi connectivity index (χ3n) is 4.94. The fourth-order valence-electron chi connectivity index (χ4n) is 3.43. The second kappa shape index (κ2) is 9.26. The second-order valence-electron chi connectivity index (χ2n) is 9.32. The minimum Gasteiger partial charge on any atom is -0.340 e.